The Labute approximate surface area is 76.9 Å². The average molecular weight is 180 g/mol. The Kier molecular flexibility index (Phi) is 3.99. The van der Waals surface area contributed by atoms with Crippen LogP contribution in [0.3, 0.4) is 0 Å². The van der Waals surface area contributed by atoms with Gasteiger partial charge in [0.15, 0.2) is 5.75 Å². The molecule has 3 nitrogen and oxygen atoms in total. The maximum Gasteiger partial charge on any atom is 0.220 e. The van der Waals surface area contributed by atoms with Gasteiger partial charge in [-0.1, -0.05) is 18.2 Å². The van der Waals surface area contributed by atoms with Crippen molar-refractivity contribution in [2.24, 2.45) is 0 Å². The van der Waals surface area contributed by atoms with Gasteiger partial charge in [0, 0.05) is 7.11 Å². The van der Waals surface area contributed by atoms with Gasteiger partial charge in [0.05, 0.1) is 6.61 Å². The Bertz CT molecular complexity index is 309. The van der Waals surface area contributed by atoms with Gasteiger partial charge in [-0.15, -0.1) is 0 Å². The van der Waals surface area contributed by atoms with Crippen LogP contribution in [-0.2, 0) is 4.74 Å². The summed E-state index contributed by atoms with van der Waals surface area (Å²) in [5.74, 6) is 0.363. The van der Waals surface area contributed by atoms with Crippen LogP contribution in [0.2, 0.25) is 0 Å². The molecule has 0 fully saturated rings. The maximum absolute atomic E-state index is 11.2. The summed E-state index contributed by atoms with van der Waals surface area (Å²) < 4.78 is 10.00. The molecule has 13 heavy (non-hydrogen) atoms. The van der Waals surface area contributed by atoms with E-state index in [2.05, 4.69) is 0 Å². The van der Waals surface area contributed by atoms with Crippen molar-refractivity contribution in [3.63, 3.8) is 0 Å². The molecule has 70 valence electrons. The van der Waals surface area contributed by atoms with Crippen molar-refractivity contribution in [2.45, 2.75) is 0 Å². The normalized spacial score (nSPS) is 9.62. The average Bonchev–Trinajstić information content (AvgIpc) is 2.32. The molecule has 0 aromatic heterocycles. The molecule has 0 spiro atoms. The van der Waals surface area contributed by atoms with Crippen LogP contribution >= 0.6 is 0 Å². The summed E-state index contributed by atoms with van der Waals surface area (Å²) in [5.41, 5.74) is -0.110. The van der Waals surface area contributed by atoms with E-state index in [0.29, 0.717) is 19.0 Å². The third-order valence-electron chi connectivity index (χ3n) is 1.51. The molecule has 0 saturated heterocycles. The van der Waals surface area contributed by atoms with Gasteiger partial charge < -0.3 is 9.47 Å². The lowest BCUT2D eigenvalue weighted by Gasteiger charge is -2.01. The third kappa shape index (κ3) is 3.25. The van der Waals surface area contributed by atoms with E-state index < -0.39 is 0 Å². The van der Waals surface area contributed by atoms with Crippen molar-refractivity contribution in [3.8, 4) is 5.75 Å². The molecule has 1 aromatic rings. The molecule has 0 radical (unpaired) electrons. The van der Waals surface area contributed by atoms with Crippen molar-refractivity contribution < 1.29 is 9.47 Å². The fourth-order valence-electron chi connectivity index (χ4n) is 0.869. The molecule has 3 heteroatoms. The van der Waals surface area contributed by atoms with E-state index >= 15 is 0 Å². The standard InChI is InChI=1S/C10H12O3/c1-12-7-8-13-10-6-4-2-3-5-9(10)11/h2-6H,7-8H2,1H3. The quantitative estimate of drug-likeness (QED) is 0.650. The molecule has 0 bridgehead atoms. The number of hydrogen-bond acceptors (Lipinski definition) is 3. The van der Waals surface area contributed by atoms with E-state index in [1.165, 1.54) is 6.07 Å². The van der Waals surface area contributed by atoms with Crippen molar-refractivity contribution in [1.29, 1.82) is 0 Å². The fourth-order valence-corrected chi connectivity index (χ4v) is 0.869. The second kappa shape index (κ2) is 5.32. The molecule has 0 aliphatic rings. The van der Waals surface area contributed by atoms with Crippen LogP contribution < -0.4 is 10.2 Å². The van der Waals surface area contributed by atoms with Crippen LogP contribution in [0, 0.1) is 0 Å². The molecule has 0 unspecified atom stereocenters. The van der Waals surface area contributed by atoms with Crippen molar-refractivity contribution in [1.82, 2.24) is 0 Å². The van der Waals surface area contributed by atoms with Gasteiger partial charge in [0.2, 0.25) is 5.43 Å². The van der Waals surface area contributed by atoms with Crippen molar-refractivity contribution >= 4 is 0 Å². The van der Waals surface area contributed by atoms with Gasteiger partial charge in [-0.2, -0.15) is 0 Å². The van der Waals surface area contributed by atoms with Gasteiger partial charge in [0.1, 0.15) is 6.61 Å². The topological polar surface area (TPSA) is 35.5 Å². The van der Waals surface area contributed by atoms with Crippen molar-refractivity contribution in [2.75, 3.05) is 20.3 Å². The third-order valence-corrected chi connectivity index (χ3v) is 1.51. The smallest absolute Gasteiger partial charge is 0.220 e. The summed E-state index contributed by atoms with van der Waals surface area (Å²) in [5, 5.41) is 0. The van der Waals surface area contributed by atoms with Crippen molar-refractivity contribution in [3.05, 3.63) is 40.6 Å². The van der Waals surface area contributed by atoms with Gasteiger partial charge in [-0.25, -0.2) is 0 Å². The molecule has 0 atom stereocenters. The molecule has 0 saturated carbocycles. The first kappa shape index (κ1) is 9.74. The lowest BCUT2D eigenvalue weighted by atomic mass is 10.4. The first-order valence-corrected chi connectivity index (χ1v) is 4.05. The number of rotatable bonds is 4. The number of methoxy groups -OCH3 is 1. The number of ether oxygens (including phenoxy) is 2. The Balaban J connectivity index is 2.67. The Morgan fingerprint density at radius 3 is 2.69 bits per heavy atom. The molecule has 0 amide bonds. The molecule has 1 aromatic carbocycles. The minimum Gasteiger partial charge on any atom is -0.487 e. The van der Waals surface area contributed by atoms with Crippen LogP contribution in [-0.4, -0.2) is 20.3 Å². The second-order valence-electron chi connectivity index (χ2n) is 2.48. The summed E-state index contributed by atoms with van der Waals surface area (Å²) in [6.45, 7) is 0.883. The van der Waals surface area contributed by atoms with E-state index in [4.69, 9.17) is 9.47 Å². The minimum atomic E-state index is -0.110. The van der Waals surface area contributed by atoms with Gasteiger partial charge in [0.25, 0.3) is 0 Å². The minimum absolute atomic E-state index is 0.110. The fraction of sp³-hybridized carbons (Fsp3) is 0.300. The highest BCUT2D eigenvalue weighted by Crippen LogP contribution is 1.99. The molecular formula is C10H12O3. The van der Waals surface area contributed by atoms with Gasteiger partial charge >= 0.3 is 0 Å². The molecule has 0 aliphatic heterocycles. The Morgan fingerprint density at radius 1 is 1.15 bits per heavy atom. The summed E-state index contributed by atoms with van der Waals surface area (Å²) in [4.78, 5) is 11.2. The van der Waals surface area contributed by atoms with Crippen LogP contribution in [0.4, 0.5) is 0 Å². The summed E-state index contributed by atoms with van der Waals surface area (Å²) in [7, 11) is 1.59. The Morgan fingerprint density at radius 2 is 1.92 bits per heavy atom. The molecule has 0 heterocycles. The van der Waals surface area contributed by atoms with Gasteiger partial charge in [-0.3, -0.25) is 4.79 Å². The summed E-state index contributed by atoms with van der Waals surface area (Å²) in [6.07, 6.45) is 0. The zero-order valence-corrected chi connectivity index (χ0v) is 7.53. The zero-order valence-electron chi connectivity index (χ0n) is 7.53. The molecular weight excluding hydrogens is 168 g/mol. The molecule has 0 N–H and O–H groups in total. The Hall–Kier alpha value is -1.35. The lowest BCUT2D eigenvalue weighted by Crippen LogP contribution is -2.09. The predicted octanol–water partition coefficient (Wildman–Crippen LogP) is 1.07. The highest BCUT2D eigenvalue weighted by atomic mass is 16.5. The lowest BCUT2D eigenvalue weighted by molar-refractivity contribution is 0.146. The molecule has 1 rings (SSSR count). The van der Waals surface area contributed by atoms with Gasteiger partial charge in [-0.05, 0) is 12.1 Å². The van der Waals surface area contributed by atoms with Crippen LogP contribution in [0.1, 0.15) is 0 Å². The second-order valence-corrected chi connectivity index (χ2v) is 2.48. The molecule has 0 aliphatic carbocycles. The SMILES string of the molecule is COCCOc1cccccc1=O. The predicted molar refractivity (Wildman–Crippen MR) is 50.1 cm³/mol. The van der Waals surface area contributed by atoms with Crippen LogP contribution in [0.15, 0.2) is 35.1 Å². The maximum atomic E-state index is 11.2. The van der Waals surface area contributed by atoms with Crippen LogP contribution in [0.25, 0.3) is 0 Å². The van der Waals surface area contributed by atoms with Crippen LogP contribution in [0.5, 0.6) is 5.75 Å². The van der Waals surface area contributed by atoms with E-state index in [0.717, 1.165) is 0 Å². The summed E-state index contributed by atoms with van der Waals surface area (Å²) in [6, 6.07) is 8.36. The monoisotopic (exact) mass is 180 g/mol. The highest BCUT2D eigenvalue weighted by Gasteiger charge is 1.95. The number of hydrogen-bond donors (Lipinski definition) is 0. The van der Waals surface area contributed by atoms with E-state index in [-0.39, 0.29) is 5.43 Å². The zero-order chi connectivity index (χ0) is 9.52. The first-order valence-electron chi connectivity index (χ1n) is 4.05. The first-order chi connectivity index (χ1) is 6.34. The van der Waals surface area contributed by atoms with E-state index in [9.17, 15) is 4.79 Å². The van der Waals surface area contributed by atoms with E-state index in [1.807, 2.05) is 0 Å². The largest absolute Gasteiger partial charge is 0.487 e. The summed E-state index contributed by atoms with van der Waals surface area (Å²) >= 11 is 0. The van der Waals surface area contributed by atoms with E-state index in [1.54, 1.807) is 31.4 Å². The highest BCUT2D eigenvalue weighted by molar-refractivity contribution is 5.20.